The summed E-state index contributed by atoms with van der Waals surface area (Å²) >= 11 is 0. The molecule has 0 amide bonds. The Balaban J connectivity index is 2.50. The molecule has 0 saturated carbocycles. The molecule has 0 bridgehead atoms. The van der Waals surface area contributed by atoms with E-state index in [2.05, 4.69) is 14.9 Å². The van der Waals surface area contributed by atoms with Gasteiger partial charge in [-0.3, -0.25) is 4.98 Å². The summed E-state index contributed by atoms with van der Waals surface area (Å²) in [5.74, 6) is -0.759. The van der Waals surface area contributed by atoms with E-state index in [0.29, 0.717) is 16.8 Å². The van der Waals surface area contributed by atoms with Gasteiger partial charge >= 0.3 is 5.97 Å². The molecule has 0 radical (unpaired) electrons. The first-order valence-electron chi connectivity index (χ1n) is 4.86. The largest absolute Gasteiger partial charge is 0.463 e. The quantitative estimate of drug-likeness (QED) is 0.798. The van der Waals surface area contributed by atoms with Crippen molar-refractivity contribution in [3.63, 3.8) is 0 Å². The molecule has 17 heavy (non-hydrogen) atoms. The molecule has 1 N–H and O–H groups in total. The Labute approximate surface area is 96.8 Å². The molecule has 0 aromatic carbocycles. The summed E-state index contributed by atoms with van der Waals surface area (Å²) in [6.07, 6.45) is 3.18. The van der Waals surface area contributed by atoms with Crippen molar-refractivity contribution in [2.45, 2.75) is 6.61 Å². The first kappa shape index (κ1) is 11.3. The number of rotatable bonds is 3. The fourth-order valence-corrected chi connectivity index (χ4v) is 1.44. The summed E-state index contributed by atoms with van der Waals surface area (Å²) in [7, 11) is 1.23. The van der Waals surface area contributed by atoms with Gasteiger partial charge in [-0.1, -0.05) is 5.16 Å². The van der Waals surface area contributed by atoms with Crippen molar-refractivity contribution in [3.05, 3.63) is 35.9 Å². The molecule has 0 saturated heterocycles. The van der Waals surface area contributed by atoms with Crippen molar-refractivity contribution >= 4 is 5.97 Å². The second-order valence-electron chi connectivity index (χ2n) is 3.23. The number of hydrogen-bond acceptors (Lipinski definition) is 6. The standard InChI is InChI=1S/C11H10N2O4/c1-16-11(15)10-8(6-14)9(13-17-10)7-3-2-4-12-5-7/h2-5,14H,6H2,1H3. The Morgan fingerprint density at radius 1 is 1.59 bits per heavy atom. The lowest BCUT2D eigenvalue weighted by Gasteiger charge is -1.99. The number of methoxy groups -OCH3 is 1. The maximum Gasteiger partial charge on any atom is 0.377 e. The first-order chi connectivity index (χ1) is 8.27. The van der Waals surface area contributed by atoms with Crippen molar-refractivity contribution in [2.24, 2.45) is 0 Å². The number of hydrogen-bond donors (Lipinski definition) is 1. The average molecular weight is 234 g/mol. The summed E-state index contributed by atoms with van der Waals surface area (Å²) in [5.41, 5.74) is 1.35. The molecular weight excluding hydrogens is 224 g/mol. The summed E-state index contributed by atoms with van der Waals surface area (Å²) in [4.78, 5) is 15.3. The lowest BCUT2D eigenvalue weighted by molar-refractivity contribution is 0.0550. The van der Waals surface area contributed by atoms with Crippen LogP contribution in [0.2, 0.25) is 0 Å². The zero-order valence-electron chi connectivity index (χ0n) is 9.08. The number of aromatic nitrogens is 2. The average Bonchev–Trinajstić information content (AvgIpc) is 2.82. The van der Waals surface area contributed by atoms with Crippen LogP contribution in [0.1, 0.15) is 16.1 Å². The van der Waals surface area contributed by atoms with Gasteiger partial charge in [0.15, 0.2) is 0 Å². The van der Waals surface area contributed by atoms with E-state index < -0.39 is 5.97 Å². The van der Waals surface area contributed by atoms with Gasteiger partial charge in [-0.15, -0.1) is 0 Å². The molecule has 0 spiro atoms. The SMILES string of the molecule is COC(=O)c1onc(-c2cccnc2)c1CO. The molecule has 2 heterocycles. The van der Waals surface area contributed by atoms with Gasteiger partial charge in [0, 0.05) is 18.0 Å². The van der Waals surface area contributed by atoms with Crippen LogP contribution in [-0.2, 0) is 11.3 Å². The van der Waals surface area contributed by atoms with Gasteiger partial charge < -0.3 is 14.4 Å². The van der Waals surface area contributed by atoms with Gasteiger partial charge in [0.25, 0.3) is 0 Å². The summed E-state index contributed by atoms with van der Waals surface area (Å²) in [6.45, 7) is -0.363. The van der Waals surface area contributed by atoms with Crippen molar-refractivity contribution in [2.75, 3.05) is 7.11 Å². The van der Waals surface area contributed by atoms with Crippen LogP contribution in [-0.4, -0.2) is 28.3 Å². The van der Waals surface area contributed by atoms with Crippen molar-refractivity contribution in [1.29, 1.82) is 0 Å². The van der Waals surface area contributed by atoms with E-state index in [4.69, 9.17) is 4.52 Å². The van der Waals surface area contributed by atoms with Crippen LogP contribution in [0.15, 0.2) is 29.0 Å². The Morgan fingerprint density at radius 2 is 2.41 bits per heavy atom. The third-order valence-corrected chi connectivity index (χ3v) is 2.25. The fraction of sp³-hybridized carbons (Fsp3) is 0.182. The second kappa shape index (κ2) is 4.75. The fourth-order valence-electron chi connectivity index (χ4n) is 1.44. The van der Waals surface area contributed by atoms with Gasteiger partial charge in [-0.05, 0) is 12.1 Å². The molecule has 0 aliphatic rings. The van der Waals surface area contributed by atoms with Gasteiger partial charge in [-0.2, -0.15) is 0 Å². The number of aliphatic hydroxyl groups is 1. The number of esters is 1. The third kappa shape index (κ3) is 2.02. The minimum absolute atomic E-state index is 0.0890. The molecule has 6 nitrogen and oxygen atoms in total. The van der Waals surface area contributed by atoms with Crippen LogP contribution in [0.25, 0.3) is 11.3 Å². The van der Waals surface area contributed by atoms with Crippen molar-refractivity contribution < 1.29 is 19.2 Å². The molecule has 0 aliphatic heterocycles. The van der Waals surface area contributed by atoms with Crippen LogP contribution in [0.4, 0.5) is 0 Å². The molecule has 0 atom stereocenters. The minimum Gasteiger partial charge on any atom is -0.463 e. The smallest absolute Gasteiger partial charge is 0.377 e. The lowest BCUT2D eigenvalue weighted by atomic mass is 10.1. The van der Waals surface area contributed by atoms with Crippen LogP contribution >= 0.6 is 0 Å². The Morgan fingerprint density at radius 3 is 3.00 bits per heavy atom. The molecule has 6 heteroatoms. The van der Waals surface area contributed by atoms with Gasteiger partial charge in [0.2, 0.25) is 5.76 Å². The van der Waals surface area contributed by atoms with Crippen molar-refractivity contribution in [3.8, 4) is 11.3 Å². The van der Waals surface area contributed by atoms with Crippen LogP contribution < -0.4 is 0 Å². The minimum atomic E-state index is -0.670. The normalized spacial score (nSPS) is 10.2. The first-order valence-corrected chi connectivity index (χ1v) is 4.86. The van der Waals surface area contributed by atoms with E-state index in [1.807, 2.05) is 0 Å². The molecule has 88 valence electrons. The highest BCUT2D eigenvalue weighted by atomic mass is 16.5. The summed E-state index contributed by atoms with van der Waals surface area (Å²) in [5, 5.41) is 13.0. The zero-order valence-corrected chi connectivity index (χ0v) is 9.08. The molecular formula is C11H10N2O4. The number of carbonyl (C=O) groups excluding carboxylic acids is 1. The number of carbonyl (C=O) groups is 1. The van der Waals surface area contributed by atoms with Gasteiger partial charge in [0.1, 0.15) is 5.69 Å². The Hall–Kier alpha value is -2.21. The van der Waals surface area contributed by atoms with E-state index in [-0.39, 0.29) is 12.4 Å². The number of aliphatic hydroxyl groups excluding tert-OH is 1. The second-order valence-corrected chi connectivity index (χ2v) is 3.23. The highest BCUT2D eigenvalue weighted by Gasteiger charge is 2.23. The monoisotopic (exact) mass is 234 g/mol. The maximum absolute atomic E-state index is 11.4. The third-order valence-electron chi connectivity index (χ3n) is 2.25. The van der Waals surface area contributed by atoms with Crippen molar-refractivity contribution in [1.82, 2.24) is 10.1 Å². The van der Waals surface area contributed by atoms with E-state index in [1.54, 1.807) is 24.5 Å². The van der Waals surface area contributed by atoms with E-state index >= 15 is 0 Å². The molecule has 2 aromatic heterocycles. The highest BCUT2D eigenvalue weighted by molar-refractivity contribution is 5.89. The van der Waals surface area contributed by atoms with E-state index in [0.717, 1.165) is 0 Å². The Bertz CT molecular complexity index is 522. The molecule has 0 aliphatic carbocycles. The van der Waals surface area contributed by atoms with Gasteiger partial charge in [0.05, 0.1) is 19.3 Å². The molecule has 0 fully saturated rings. The molecule has 0 unspecified atom stereocenters. The predicted octanol–water partition coefficient (Wildman–Crippen LogP) is 1.02. The molecule has 2 aromatic rings. The maximum atomic E-state index is 11.4. The predicted molar refractivity (Wildman–Crippen MR) is 57.0 cm³/mol. The van der Waals surface area contributed by atoms with Crippen LogP contribution in [0, 0.1) is 0 Å². The number of ether oxygens (including phenoxy) is 1. The topological polar surface area (TPSA) is 85.5 Å². The molecule has 2 rings (SSSR count). The highest BCUT2D eigenvalue weighted by Crippen LogP contribution is 2.25. The Kier molecular flexibility index (Phi) is 3.15. The zero-order chi connectivity index (χ0) is 12.3. The number of pyridine rings is 1. The lowest BCUT2D eigenvalue weighted by Crippen LogP contribution is -2.03. The van der Waals surface area contributed by atoms with E-state index in [9.17, 15) is 9.90 Å². The van der Waals surface area contributed by atoms with E-state index in [1.165, 1.54) is 7.11 Å². The van der Waals surface area contributed by atoms with Crippen LogP contribution in [0.5, 0.6) is 0 Å². The number of nitrogens with zero attached hydrogens (tertiary/aromatic N) is 2. The summed E-state index contributed by atoms with van der Waals surface area (Å²) in [6, 6.07) is 3.48. The summed E-state index contributed by atoms with van der Waals surface area (Å²) < 4.78 is 9.41. The van der Waals surface area contributed by atoms with Crippen LogP contribution in [0.3, 0.4) is 0 Å². The van der Waals surface area contributed by atoms with Gasteiger partial charge in [-0.25, -0.2) is 4.79 Å².